The van der Waals surface area contributed by atoms with E-state index in [0.717, 1.165) is 19.5 Å². The van der Waals surface area contributed by atoms with Crippen molar-refractivity contribution in [3.63, 3.8) is 0 Å². The van der Waals surface area contributed by atoms with Crippen molar-refractivity contribution in [1.29, 1.82) is 0 Å². The number of unbranched alkanes of at least 4 members (excludes halogenated alkanes) is 7. The number of nitrogens with one attached hydrogen (secondary N) is 1. The Morgan fingerprint density at radius 1 is 1.00 bits per heavy atom. The van der Waals surface area contributed by atoms with E-state index in [4.69, 9.17) is 0 Å². The van der Waals surface area contributed by atoms with E-state index in [1.165, 1.54) is 56.9 Å². The summed E-state index contributed by atoms with van der Waals surface area (Å²) in [5.74, 6) is 0. The van der Waals surface area contributed by atoms with Gasteiger partial charge >= 0.3 is 0 Å². The molecule has 0 atom stereocenters. The van der Waals surface area contributed by atoms with Crippen LogP contribution in [0.3, 0.4) is 0 Å². The van der Waals surface area contributed by atoms with E-state index >= 15 is 0 Å². The summed E-state index contributed by atoms with van der Waals surface area (Å²) in [5.41, 5.74) is 1.32. The normalized spacial score (nSPS) is 11.1. The molecule has 0 spiro atoms. The Kier molecular flexibility index (Phi) is 9.42. The summed E-state index contributed by atoms with van der Waals surface area (Å²) < 4.78 is 1.87. The second-order valence-electron chi connectivity index (χ2n) is 5.50. The van der Waals surface area contributed by atoms with E-state index in [-0.39, 0.29) is 0 Å². The molecule has 1 aromatic heterocycles. The number of aromatic nitrogens is 2. The van der Waals surface area contributed by atoms with E-state index in [2.05, 4.69) is 23.5 Å². The first-order valence-corrected chi connectivity index (χ1v) is 8.01. The van der Waals surface area contributed by atoms with Crippen molar-refractivity contribution in [2.45, 2.75) is 64.7 Å². The Morgan fingerprint density at radius 2 is 1.68 bits per heavy atom. The summed E-state index contributed by atoms with van der Waals surface area (Å²) in [4.78, 5) is 0. The van der Waals surface area contributed by atoms with E-state index in [1.807, 2.05) is 17.9 Å². The maximum atomic E-state index is 4.18. The molecule has 0 aliphatic rings. The van der Waals surface area contributed by atoms with Gasteiger partial charge in [-0.2, -0.15) is 5.10 Å². The van der Waals surface area contributed by atoms with Crippen LogP contribution in [-0.2, 0) is 13.5 Å². The number of rotatable bonds is 12. The monoisotopic (exact) mass is 265 g/mol. The van der Waals surface area contributed by atoms with Crippen LogP contribution in [0.1, 0.15) is 63.9 Å². The largest absolute Gasteiger partial charge is 0.316 e. The highest BCUT2D eigenvalue weighted by molar-refractivity contribution is 5.03. The van der Waals surface area contributed by atoms with Crippen molar-refractivity contribution in [3.8, 4) is 0 Å². The van der Waals surface area contributed by atoms with Crippen LogP contribution in [0.4, 0.5) is 0 Å². The maximum absolute atomic E-state index is 4.18. The van der Waals surface area contributed by atoms with Crippen LogP contribution in [0, 0.1) is 0 Å². The van der Waals surface area contributed by atoms with Crippen LogP contribution in [0.15, 0.2) is 12.4 Å². The molecule has 3 heteroatoms. The van der Waals surface area contributed by atoms with Gasteiger partial charge in [-0.1, -0.05) is 51.9 Å². The zero-order valence-corrected chi connectivity index (χ0v) is 12.8. The lowest BCUT2D eigenvalue weighted by molar-refractivity contribution is 0.556. The van der Waals surface area contributed by atoms with E-state index in [1.54, 1.807) is 0 Å². The topological polar surface area (TPSA) is 29.9 Å². The zero-order chi connectivity index (χ0) is 13.8. The highest BCUT2D eigenvalue weighted by atomic mass is 15.2. The van der Waals surface area contributed by atoms with Gasteiger partial charge < -0.3 is 5.32 Å². The Hall–Kier alpha value is -0.830. The van der Waals surface area contributed by atoms with Gasteiger partial charge in [0, 0.05) is 13.2 Å². The van der Waals surface area contributed by atoms with Gasteiger partial charge in [0.15, 0.2) is 0 Å². The molecule has 0 saturated heterocycles. The van der Waals surface area contributed by atoms with Crippen LogP contribution >= 0.6 is 0 Å². The van der Waals surface area contributed by atoms with E-state index in [9.17, 15) is 0 Å². The van der Waals surface area contributed by atoms with Crippen LogP contribution in [-0.4, -0.2) is 22.9 Å². The molecule has 19 heavy (non-hydrogen) atoms. The molecule has 0 fully saturated rings. The highest BCUT2D eigenvalue weighted by Gasteiger charge is 1.96. The van der Waals surface area contributed by atoms with Crippen LogP contribution in [0.25, 0.3) is 0 Å². The first-order valence-electron chi connectivity index (χ1n) is 8.01. The molecule has 1 aromatic rings. The fourth-order valence-electron chi connectivity index (χ4n) is 2.34. The highest BCUT2D eigenvalue weighted by Crippen LogP contribution is 2.07. The molecule has 110 valence electrons. The van der Waals surface area contributed by atoms with Gasteiger partial charge in [0.2, 0.25) is 0 Å². The second kappa shape index (κ2) is 11.0. The molecule has 0 bridgehead atoms. The number of hydrogen-bond donors (Lipinski definition) is 1. The van der Waals surface area contributed by atoms with E-state index in [0.29, 0.717) is 0 Å². The van der Waals surface area contributed by atoms with Gasteiger partial charge in [0.25, 0.3) is 0 Å². The summed E-state index contributed by atoms with van der Waals surface area (Å²) in [6.45, 7) is 4.51. The lowest BCUT2D eigenvalue weighted by atomic mass is 10.1. The van der Waals surface area contributed by atoms with Crippen molar-refractivity contribution >= 4 is 0 Å². The molecule has 0 aliphatic heterocycles. The van der Waals surface area contributed by atoms with Crippen molar-refractivity contribution < 1.29 is 0 Å². The van der Waals surface area contributed by atoms with Gasteiger partial charge in [-0.25, -0.2) is 0 Å². The van der Waals surface area contributed by atoms with Crippen molar-refractivity contribution in [1.82, 2.24) is 15.1 Å². The minimum atomic E-state index is 1.07. The summed E-state index contributed by atoms with van der Waals surface area (Å²) in [6, 6.07) is 0. The van der Waals surface area contributed by atoms with Crippen LogP contribution < -0.4 is 5.32 Å². The number of nitrogens with zero attached hydrogens (tertiary/aromatic N) is 2. The molecule has 3 nitrogen and oxygen atoms in total. The van der Waals surface area contributed by atoms with Gasteiger partial charge in [0.05, 0.1) is 6.20 Å². The van der Waals surface area contributed by atoms with Gasteiger partial charge in [0.1, 0.15) is 0 Å². The number of hydrogen-bond acceptors (Lipinski definition) is 2. The van der Waals surface area contributed by atoms with Gasteiger partial charge in [-0.05, 0) is 31.5 Å². The summed E-state index contributed by atoms with van der Waals surface area (Å²) in [6.07, 6.45) is 16.3. The maximum Gasteiger partial charge on any atom is 0.0522 e. The molecule has 1 rings (SSSR count). The second-order valence-corrected chi connectivity index (χ2v) is 5.50. The predicted molar refractivity (Wildman–Crippen MR) is 82.4 cm³/mol. The van der Waals surface area contributed by atoms with Crippen molar-refractivity contribution in [2.75, 3.05) is 13.1 Å². The lowest BCUT2D eigenvalue weighted by Crippen LogP contribution is -2.18. The fourth-order valence-corrected chi connectivity index (χ4v) is 2.34. The molecular weight excluding hydrogens is 234 g/mol. The summed E-state index contributed by atoms with van der Waals surface area (Å²) in [7, 11) is 1.97. The standard InChI is InChI=1S/C16H31N3/c1-3-4-5-6-7-8-9-10-12-17-13-11-16-14-18-19(2)15-16/h14-15,17H,3-13H2,1-2H3. The van der Waals surface area contributed by atoms with Crippen molar-refractivity contribution in [2.24, 2.45) is 7.05 Å². The SMILES string of the molecule is CCCCCCCCCCNCCc1cnn(C)c1. The molecule has 0 radical (unpaired) electrons. The third-order valence-electron chi connectivity index (χ3n) is 3.56. The molecule has 0 amide bonds. The van der Waals surface area contributed by atoms with Crippen LogP contribution in [0.5, 0.6) is 0 Å². The van der Waals surface area contributed by atoms with Gasteiger partial charge in [-0.15, -0.1) is 0 Å². The molecule has 0 unspecified atom stereocenters. The third-order valence-corrected chi connectivity index (χ3v) is 3.56. The van der Waals surface area contributed by atoms with Crippen molar-refractivity contribution in [3.05, 3.63) is 18.0 Å². The first-order chi connectivity index (χ1) is 9.33. The average molecular weight is 265 g/mol. The molecule has 1 heterocycles. The lowest BCUT2D eigenvalue weighted by Gasteiger charge is -2.04. The first kappa shape index (κ1) is 16.2. The van der Waals surface area contributed by atoms with Gasteiger partial charge in [-0.3, -0.25) is 4.68 Å². The number of aryl methyl sites for hydroxylation is 1. The predicted octanol–water partition coefficient (Wildman–Crippen LogP) is 3.69. The Balaban J connectivity index is 1.79. The van der Waals surface area contributed by atoms with Crippen LogP contribution in [0.2, 0.25) is 0 Å². The fraction of sp³-hybridized carbons (Fsp3) is 0.812. The van der Waals surface area contributed by atoms with E-state index < -0.39 is 0 Å². The zero-order valence-electron chi connectivity index (χ0n) is 12.8. The molecule has 0 saturated carbocycles. The molecule has 1 N–H and O–H groups in total. The Morgan fingerprint density at radius 3 is 2.32 bits per heavy atom. The summed E-state index contributed by atoms with van der Waals surface area (Å²) in [5, 5.41) is 7.69. The summed E-state index contributed by atoms with van der Waals surface area (Å²) >= 11 is 0. The Labute approximate surface area is 118 Å². The molecular formula is C16H31N3. The Bertz CT molecular complexity index is 307. The smallest absolute Gasteiger partial charge is 0.0522 e. The quantitative estimate of drug-likeness (QED) is 0.584. The minimum absolute atomic E-state index is 1.07. The third kappa shape index (κ3) is 8.82. The minimum Gasteiger partial charge on any atom is -0.316 e. The average Bonchev–Trinajstić information content (AvgIpc) is 2.82. The molecule has 0 aliphatic carbocycles. The molecule has 0 aromatic carbocycles.